The van der Waals surface area contributed by atoms with Gasteiger partial charge in [0.2, 0.25) is 0 Å². The van der Waals surface area contributed by atoms with Gasteiger partial charge in [0.25, 0.3) is 0 Å². The van der Waals surface area contributed by atoms with E-state index < -0.39 is 0 Å². The fourth-order valence-corrected chi connectivity index (χ4v) is 15.7. The molecule has 0 saturated carbocycles. The lowest BCUT2D eigenvalue weighted by atomic mass is 10.1. The van der Waals surface area contributed by atoms with Gasteiger partial charge in [-0.25, -0.2) is 19.9 Å². The van der Waals surface area contributed by atoms with Crippen molar-refractivity contribution in [3.63, 3.8) is 0 Å². The summed E-state index contributed by atoms with van der Waals surface area (Å²) in [5, 5.41) is 0. The maximum Gasteiger partial charge on any atom is 0.161 e. The highest BCUT2D eigenvalue weighted by molar-refractivity contribution is 5.82. The lowest BCUT2D eigenvalue weighted by Crippen LogP contribution is -2.07. The Morgan fingerprint density at radius 3 is 0.515 bits per heavy atom. The summed E-state index contributed by atoms with van der Waals surface area (Å²) in [6.45, 7) is 4.19. The third-order valence-electron chi connectivity index (χ3n) is 22.3. The number of hydrogen-bond donors (Lipinski definition) is 0. The van der Waals surface area contributed by atoms with E-state index in [1.54, 1.807) is 12.4 Å². The molecule has 18 heteroatoms. The molecule has 0 N–H and O–H groups in total. The Bertz CT molecular complexity index is 6080. The second kappa shape index (κ2) is 43.0. The highest BCUT2D eigenvalue weighted by atomic mass is 16.5. The van der Waals surface area contributed by atoms with Gasteiger partial charge in [0.05, 0.1) is 34.5 Å². The van der Waals surface area contributed by atoms with E-state index in [-0.39, 0.29) is 26.4 Å². The summed E-state index contributed by atoms with van der Waals surface area (Å²) in [5.41, 5.74) is 17.7. The van der Waals surface area contributed by atoms with Crippen molar-refractivity contribution < 1.29 is 56.8 Å². The second-order valence-electron chi connectivity index (χ2n) is 32.5. The van der Waals surface area contributed by atoms with E-state index in [0.29, 0.717) is 158 Å². The van der Waals surface area contributed by atoms with Crippen molar-refractivity contribution in [2.75, 3.05) is 0 Å². The molecule has 0 saturated heterocycles. The zero-order valence-electron chi connectivity index (χ0n) is 73.7. The Hall–Kier alpha value is -16.9. The maximum atomic E-state index is 6.93. The van der Waals surface area contributed by atoms with E-state index in [2.05, 4.69) is 21.3 Å². The molecular weight excluding hydrogens is 1670 g/mol. The zero-order valence-corrected chi connectivity index (χ0v) is 73.7. The SMILES string of the molecule is c1ccc(COc2cc(COc3cc(Cn4c(-c5cnc(-c6nc7ccccc7n6Cc6cc(OCc7cc(OCc8ccccc8)cc(OCc8ccccc8)c7)cc(OCc7cc(OCc8ccccc8)cc(OCc8ccccc8)c7)c6)cn5)nc5ccccc54)cc(OCc4cc(OCc5ccccc5)cc(OCc5ccccc5)c4)c3)cc(OCc3ccccc3)c2)cc1. The molecule has 0 radical (unpaired) electrons. The van der Waals surface area contributed by atoms with Crippen LogP contribution in [0.15, 0.2) is 413 Å². The minimum atomic E-state index is 0.160. The van der Waals surface area contributed by atoms with Crippen molar-refractivity contribution in [2.24, 2.45) is 0 Å². The molecule has 0 aliphatic carbocycles. The van der Waals surface area contributed by atoms with Crippen LogP contribution >= 0.6 is 0 Å². The van der Waals surface area contributed by atoms with Gasteiger partial charge < -0.3 is 66.0 Å². The number of benzene rings is 16. The molecule has 3 aromatic heterocycles. The van der Waals surface area contributed by atoms with Gasteiger partial charge in [-0.3, -0.25) is 0 Å². The summed E-state index contributed by atoms with van der Waals surface area (Å²) in [6.07, 6.45) is 3.55. The average Bonchev–Trinajstić information content (AvgIpc) is 1.62. The van der Waals surface area contributed by atoms with Crippen molar-refractivity contribution in [2.45, 2.75) is 92.4 Å². The van der Waals surface area contributed by atoms with Crippen LogP contribution in [-0.4, -0.2) is 29.1 Å². The molecule has 0 bridgehead atoms. The average molecular weight is 1770 g/mol. The predicted molar refractivity (Wildman–Crippen MR) is 520 cm³/mol. The molecule has 0 fully saturated rings. The first-order chi connectivity index (χ1) is 66.2. The van der Waals surface area contributed by atoms with Gasteiger partial charge in [0, 0.05) is 49.5 Å². The number of fused-ring (bicyclic) bond motifs is 2. The molecule has 18 nitrogen and oxygen atoms in total. The number of rotatable bonds is 42. The smallest absolute Gasteiger partial charge is 0.161 e. The molecule has 662 valence electrons. The first-order valence-electron chi connectivity index (χ1n) is 44.7. The van der Waals surface area contributed by atoms with Crippen LogP contribution in [0.5, 0.6) is 69.0 Å². The summed E-state index contributed by atoms with van der Waals surface area (Å²) in [4.78, 5) is 21.1. The summed E-state index contributed by atoms with van der Waals surface area (Å²) in [7, 11) is 0. The van der Waals surface area contributed by atoms with Crippen LogP contribution in [0.4, 0.5) is 0 Å². The number of nitrogens with zero attached hydrogens (tertiary/aromatic N) is 6. The van der Waals surface area contributed by atoms with Gasteiger partial charge in [-0.15, -0.1) is 0 Å². The fourth-order valence-electron chi connectivity index (χ4n) is 15.7. The van der Waals surface area contributed by atoms with E-state index in [0.717, 1.165) is 100.0 Å². The molecule has 0 atom stereocenters. The lowest BCUT2D eigenvalue weighted by molar-refractivity contribution is 0.275. The normalized spacial score (nSPS) is 11.1. The van der Waals surface area contributed by atoms with Crippen molar-refractivity contribution in [3.8, 4) is 92.0 Å². The van der Waals surface area contributed by atoms with Crippen molar-refractivity contribution in [3.05, 3.63) is 491 Å². The van der Waals surface area contributed by atoms with E-state index in [1.807, 2.05) is 388 Å². The molecule has 19 aromatic rings. The first-order valence-corrected chi connectivity index (χ1v) is 44.7. The minimum Gasteiger partial charge on any atom is -0.489 e. The van der Waals surface area contributed by atoms with Crippen molar-refractivity contribution in [1.29, 1.82) is 0 Å². The fraction of sp³-hybridized carbons (Fsp3) is 0.121. The molecule has 0 aliphatic heterocycles. The third kappa shape index (κ3) is 23.8. The van der Waals surface area contributed by atoms with Crippen LogP contribution in [0.1, 0.15) is 77.9 Å². The number of aromatic nitrogens is 6. The van der Waals surface area contributed by atoms with Crippen LogP contribution in [-0.2, 0) is 92.4 Å². The largest absolute Gasteiger partial charge is 0.489 e. The van der Waals surface area contributed by atoms with Crippen LogP contribution < -0.4 is 56.8 Å². The van der Waals surface area contributed by atoms with Crippen LogP contribution in [0, 0.1) is 0 Å². The maximum absolute atomic E-state index is 6.93. The van der Waals surface area contributed by atoms with Gasteiger partial charge in [-0.2, -0.15) is 0 Å². The molecule has 0 unspecified atom stereocenters. The highest BCUT2D eigenvalue weighted by Crippen LogP contribution is 2.37. The Kier molecular flexibility index (Phi) is 27.8. The molecule has 3 heterocycles. The first kappa shape index (κ1) is 86.5. The monoisotopic (exact) mass is 1760 g/mol. The van der Waals surface area contributed by atoms with Crippen LogP contribution in [0.2, 0.25) is 0 Å². The molecule has 16 aromatic carbocycles. The number of hydrogen-bond acceptors (Lipinski definition) is 16. The molecule has 0 aliphatic rings. The summed E-state index contributed by atoms with van der Waals surface area (Å²) < 4.78 is 83.9. The van der Waals surface area contributed by atoms with Gasteiger partial charge in [0.15, 0.2) is 11.6 Å². The van der Waals surface area contributed by atoms with Crippen molar-refractivity contribution >= 4 is 22.1 Å². The number of para-hydroxylation sites is 4. The number of ether oxygens (including phenoxy) is 12. The van der Waals surface area contributed by atoms with E-state index in [1.165, 1.54) is 0 Å². The molecule has 0 spiro atoms. The van der Waals surface area contributed by atoms with E-state index in [9.17, 15) is 0 Å². The summed E-state index contributed by atoms with van der Waals surface area (Å²) in [5.74, 6) is 8.55. The van der Waals surface area contributed by atoms with Crippen LogP contribution in [0.25, 0.3) is 45.1 Å². The minimum absolute atomic E-state index is 0.160. The summed E-state index contributed by atoms with van der Waals surface area (Å²) in [6, 6.07) is 133. The van der Waals surface area contributed by atoms with Gasteiger partial charge in [0.1, 0.15) is 160 Å². The molecule has 0 amide bonds. The second-order valence-corrected chi connectivity index (χ2v) is 32.5. The topological polar surface area (TPSA) is 172 Å². The summed E-state index contributed by atoms with van der Waals surface area (Å²) >= 11 is 0. The van der Waals surface area contributed by atoms with Crippen LogP contribution in [0.3, 0.4) is 0 Å². The van der Waals surface area contributed by atoms with E-state index >= 15 is 0 Å². The predicted octanol–water partition coefficient (Wildman–Crippen LogP) is 25.6. The molecule has 19 rings (SSSR count). The van der Waals surface area contributed by atoms with E-state index in [4.69, 9.17) is 76.8 Å². The molecular formula is C116H96N6O12. The van der Waals surface area contributed by atoms with Crippen molar-refractivity contribution in [1.82, 2.24) is 29.1 Å². The van der Waals surface area contributed by atoms with Gasteiger partial charge in [-0.05, 0) is 175 Å². The highest BCUT2D eigenvalue weighted by Gasteiger charge is 2.22. The Balaban J connectivity index is 0.638. The lowest BCUT2D eigenvalue weighted by Gasteiger charge is -2.17. The standard InChI is InChI=1S/C116H96N6O12/c1-9-29-83(30-10-1)71-123-101-53-93(54-102(63-101)124-72-84-31-11-2-12-32-84)79-131-97-49-91(50-98(61-97)132-80-94-55-103(125-73-85-33-13-3-14-34-85)64-104(56-94)126-74-86-35-15-4-16-36-86)69-121-113-47-27-25-45-109(113)119-115(121)111-67-118-112(68-117-111)116-120-110-46-26-28-48-114(110)122(116)70-92-51-99(133-81-95-57-105(127-75-87-37-17-5-18-38-87)65-106(58-95)128-76-88-39-19-6-20-40-88)62-100(52-92)134-82-96-59-107(129-77-89-41-21-7-22-42-89)66-108(60-96)130-78-90-43-23-8-24-44-90/h1-68H,69-82H2. The Morgan fingerprint density at radius 2 is 0.328 bits per heavy atom. The van der Waals surface area contributed by atoms with Gasteiger partial charge in [-0.1, -0.05) is 267 Å². The van der Waals surface area contributed by atoms with Gasteiger partial charge >= 0.3 is 0 Å². The Morgan fingerprint density at radius 1 is 0.164 bits per heavy atom. The quantitative estimate of drug-likeness (QED) is 0.0353. The Labute approximate surface area is 778 Å². The zero-order chi connectivity index (χ0) is 90.1. The third-order valence-corrected chi connectivity index (χ3v) is 22.3. The number of imidazole rings is 2. The molecule has 134 heavy (non-hydrogen) atoms.